The van der Waals surface area contributed by atoms with Crippen LogP contribution in [0.4, 0.5) is 5.82 Å². The molecule has 0 bridgehead atoms. The van der Waals surface area contributed by atoms with Gasteiger partial charge in [-0.2, -0.15) is 0 Å². The van der Waals surface area contributed by atoms with Gasteiger partial charge in [0.15, 0.2) is 0 Å². The highest BCUT2D eigenvalue weighted by atomic mass is 16.3. The summed E-state index contributed by atoms with van der Waals surface area (Å²) in [6, 6.07) is 4.18. The van der Waals surface area contributed by atoms with Crippen LogP contribution in [0.1, 0.15) is 39.4 Å². The van der Waals surface area contributed by atoms with Crippen LogP contribution in [0.5, 0.6) is 0 Å². The van der Waals surface area contributed by atoms with Crippen LogP contribution in [0, 0.1) is 5.92 Å². The summed E-state index contributed by atoms with van der Waals surface area (Å²) in [6.07, 6.45) is 1.29. The van der Waals surface area contributed by atoms with E-state index in [1.165, 1.54) is 0 Å². The number of hydrogen-bond acceptors (Lipinski definition) is 3. The number of anilines is 1. The normalized spacial score (nSPS) is 14.9. The highest BCUT2D eigenvalue weighted by Crippen LogP contribution is 2.25. The van der Waals surface area contributed by atoms with Gasteiger partial charge in [0.25, 0.3) is 0 Å². The molecule has 0 aromatic carbocycles. The van der Waals surface area contributed by atoms with Crippen LogP contribution in [0.3, 0.4) is 0 Å². The predicted molar refractivity (Wildman–Crippen MR) is 67.6 cm³/mol. The maximum atomic E-state index is 9.71. The van der Waals surface area contributed by atoms with Crippen LogP contribution in [-0.4, -0.2) is 23.2 Å². The summed E-state index contributed by atoms with van der Waals surface area (Å²) in [5.74, 6) is 1.42. The predicted octanol–water partition coefficient (Wildman–Crippen LogP) is 2.62. The van der Waals surface area contributed by atoms with E-state index >= 15 is 0 Å². The van der Waals surface area contributed by atoms with Gasteiger partial charge in [-0.1, -0.05) is 19.9 Å². The van der Waals surface area contributed by atoms with Crippen molar-refractivity contribution in [3.05, 3.63) is 23.9 Å². The molecule has 0 saturated heterocycles. The van der Waals surface area contributed by atoms with E-state index in [0.29, 0.717) is 12.0 Å². The molecule has 3 nitrogen and oxygen atoms in total. The Bertz CT molecular complexity index is 336. The number of rotatable bonds is 4. The molecule has 1 N–H and O–H groups in total. The van der Waals surface area contributed by atoms with Crippen LogP contribution in [0.15, 0.2) is 18.3 Å². The quantitative estimate of drug-likeness (QED) is 0.850. The van der Waals surface area contributed by atoms with Gasteiger partial charge in [-0.25, -0.2) is 4.98 Å². The van der Waals surface area contributed by atoms with Crippen molar-refractivity contribution < 1.29 is 5.11 Å². The smallest absolute Gasteiger partial charge is 0.134 e. The van der Waals surface area contributed by atoms with Gasteiger partial charge in [-0.3, -0.25) is 0 Å². The number of aromatic nitrogens is 1. The highest BCUT2D eigenvalue weighted by Gasteiger charge is 2.18. The van der Waals surface area contributed by atoms with Gasteiger partial charge in [-0.05, 0) is 25.8 Å². The lowest BCUT2D eigenvalue weighted by Crippen LogP contribution is -2.34. The molecular weight excluding hydrogens is 200 g/mol. The van der Waals surface area contributed by atoms with E-state index in [0.717, 1.165) is 11.4 Å². The number of nitrogens with zero attached hydrogens (tertiary/aromatic N) is 2. The van der Waals surface area contributed by atoms with Crippen molar-refractivity contribution in [1.82, 2.24) is 4.98 Å². The molecule has 0 fully saturated rings. The summed E-state index contributed by atoms with van der Waals surface area (Å²) in [4.78, 5) is 6.50. The van der Waals surface area contributed by atoms with Crippen molar-refractivity contribution in [2.24, 2.45) is 5.92 Å². The molecule has 0 saturated carbocycles. The topological polar surface area (TPSA) is 36.4 Å². The van der Waals surface area contributed by atoms with Gasteiger partial charge < -0.3 is 10.0 Å². The van der Waals surface area contributed by atoms with Crippen molar-refractivity contribution in [3.63, 3.8) is 0 Å². The van der Waals surface area contributed by atoms with Crippen molar-refractivity contribution >= 4 is 5.82 Å². The van der Waals surface area contributed by atoms with Gasteiger partial charge in [-0.15, -0.1) is 0 Å². The maximum Gasteiger partial charge on any atom is 0.134 e. The summed E-state index contributed by atoms with van der Waals surface area (Å²) >= 11 is 0. The molecule has 1 heterocycles. The molecule has 2 atom stereocenters. The van der Waals surface area contributed by atoms with Crippen LogP contribution in [0.25, 0.3) is 0 Å². The minimum Gasteiger partial charge on any atom is -0.389 e. The maximum absolute atomic E-state index is 9.71. The molecule has 1 aromatic rings. The van der Waals surface area contributed by atoms with Gasteiger partial charge >= 0.3 is 0 Å². The van der Waals surface area contributed by atoms with Gasteiger partial charge in [0.2, 0.25) is 0 Å². The summed E-state index contributed by atoms with van der Waals surface area (Å²) in [5.41, 5.74) is 0.887. The van der Waals surface area contributed by atoms with E-state index in [1.54, 1.807) is 13.1 Å². The summed E-state index contributed by atoms with van der Waals surface area (Å²) < 4.78 is 0. The first kappa shape index (κ1) is 13.0. The Hall–Kier alpha value is -1.09. The van der Waals surface area contributed by atoms with E-state index < -0.39 is 6.10 Å². The van der Waals surface area contributed by atoms with Crippen molar-refractivity contribution in [2.45, 2.75) is 39.8 Å². The fourth-order valence-corrected chi connectivity index (χ4v) is 1.67. The summed E-state index contributed by atoms with van der Waals surface area (Å²) in [7, 11) is 2.03. The molecule has 1 rings (SSSR count). The van der Waals surface area contributed by atoms with E-state index in [1.807, 2.05) is 19.2 Å². The minimum atomic E-state index is -0.481. The first-order valence-electron chi connectivity index (χ1n) is 5.81. The van der Waals surface area contributed by atoms with E-state index in [-0.39, 0.29) is 0 Å². The second-order valence-corrected chi connectivity index (χ2v) is 4.69. The third kappa shape index (κ3) is 2.73. The molecule has 90 valence electrons. The average Bonchev–Trinajstić information content (AvgIpc) is 2.26. The molecule has 0 spiro atoms. The van der Waals surface area contributed by atoms with E-state index in [2.05, 4.69) is 30.7 Å². The monoisotopic (exact) mass is 222 g/mol. The highest BCUT2D eigenvalue weighted by molar-refractivity contribution is 5.47. The zero-order valence-corrected chi connectivity index (χ0v) is 10.8. The number of pyridine rings is 1. The number of hydrogen-bond donors (Lipinski definition) is 1. The van der Waals surface area contributed by atoms with Crippen LogP contribution >= 0.6 is 0 Å². The SMILES string of the molecule is CC(C)C(C)N(C)c1ncccc1[C@H](C)O. The fraction of sp³-hybridized carbons (Fsp3) is 0.615. The Morgan fingerprint density at radius 3 is 2.38 bits per heavy atom. The second kappa shape index (κ2) is 5.30. The standard InChI is InChI=1S/C13H22N2O/c1-9(2)10(3)15(5)13-12(11(4)16)7-6-8-14-13/h6-11,16H,1-5H3/t10?,11-/m0/s1. The minimum absolute atomic E-state index is 0.396. The third-order valence-corrected chi connectivity index (χ3v) is 3.18. The molecule has 1 aromatic heterocycles. The molecule has 16 heavy (non-hydrogen) atoms. The molecule has 0 radical (unpaired) electrons. The lowest BCUT2D eigenvalue weighted by molar-refractivity contribution is 0.199. The molecule has 0 amide bonds. The largest absolute Gasteiger partial charge is 0.389 e. The molecule has 3 heteroatoms. The Kier molecular flexibility index (Phi) is 4.30. The Morgan fingerprint density at radius 2 is 1.88 bits per heavy atom. The van der Waals surface area contributed by atoms with Crippen molar-refractivity contribution in [3.8, 4) is 0 Å². The lowest BCUT2D eigenvalue weighted by Gasteiger charge is -2.30. The molecule has 0 aliphatic heterocycles. The summed E-state index contributed by atoms with van der Waals surface area (Å²) in [5, 5.41) is 9.71. The zero-order valence-electron chi connectivity index (χ0n) is 10.8. The Morgan fingerprint density at radius 1 is 1.25 bits per heavy atom. The first-order valence-corrected chi connectivity index (χ1v) is 5.81. The van der Waals surface area contributed by atoms with Crippen LogP contribution in [0.2, 0.25) is 0 Å². The third-order valence-electron chi connectivity index (χ3n) is 3.18. The van der Waals surface area contributed by atoms with Gasteiger partial charge in [0.1, 0.15) is 5.82 Å². The fourth-order valence-electron chi connectivity index (χ4n) is 1.67. The van der Waals surface area contributed by atoms with Crippen molar-refractivity contribution in [2.75, 3.05) is 11.9 Å². The van der Waals surface area contributed by atoms with Crippen molar-refractivity contribution in [1.29, 1.82) is 0 Å². The Balaban J connectivity index is 3.03. The average molecular weight is 222 g/mol. The number of aliphatic hydroxyl groups is 1. The molecule has 0 aliphatic rings. The zero-order chi connectivity index (χ0) is 12.3. The molecular formula is C13H22N2O. The molecule has 1 unspecified atom stereocenters. The first-order chi connectivity index (χ1) is 7.45. The summed E-state index contributed by atoms with van der Waals surface area (Å²) in [6.45, 7) is 8.32. The molecule has 0 aliphatic carbocycles. The number of aliphatic hydroxyl groups excluding tert-OH is 1. The van der Waals surface area contributed by atoms with Gasteiger partial charge in [0, 0.05) is 24.8 Å². The van der Waals surface area contributed by atoms with Crippen LogP contribution in [-0.2, 0) is 0 Å². The van der Waals surface area contributed by atoms with E-state index in [9.17, 15) is 5.11 Å². The van der Waals surface area contributed by atoms with Gasteiger partial charge in [0.05, 0.1) is 6.10 Å². The lowest BCUT2D eigenvalue weighted by atomic mass is 10.0. The van der Waals surface area contributed by atoms with E-state index in [4.69, 9.17) is 0 Å². The Labute approximate surface area is 98.1 Å². The second-order valence-electron chi connectivity index (χ2n) is 4.69. The van der Waals surface area contributed by atoms with Crippen LogP contribution < -0.4 is 4.90 Å².